The van der Waals surface area contributed by atoms with Gasteiger partial charge in [0.15, 0.2) is 0 Å². The van der Waals surface area contributed by atoms with Gasteiger partial charge in [-0.1, -0.05) is 6.07 Å². The summed E-state index contributed by atoms with van der Waals surface area (Å²) in [7, 11) is 0. The molecular weight excluding hydrogens is 258 g/mol. The maximum atomic E-state index is 12.3. The van der Waals surface area contributed by atoms with Gasteiger partial charge in [0.05, 0.1) is 19.8 Å². The Bertz CT molecular complexity index is 473. The number of morpholine rings is 1. The Morgan fingerprint density at radius 1 is 1.50 bits per heavy atom. The fourth-order valence-electron chi connectivity index (χ4n) is 2.30. The molecule has 1 aromatic rings. The van der Waals surface area contributed by atoms with Crippen molar-refractivity contribution in [2.24, 2.45) is 0 Å². The van der Waals surface area contributed by atoms with E-state index in [1.807, 2.05) is 17.0 Å². The van der Waals surface area contributed by atoms with Crippen molar-refractivity contribution in [2.75, 3.05) is 24.7 Å². The van der Waals surface area contributed by atoms with E-state index in [4.69, 9.17) is 9.84 Å². The smallest absolute Gasteiger partial charge is 0.245 e. The van der Waals surface area contributed by atoms with Gasteiger partial charge in [0.1, 0.15) is 11.9 Å². The number of anilines is 1. The summed E-state index contributed by atoms with van der Waals surface area (Å²) in [4.78, 5) is 18.6. The Labute approximate surface area is 117 Å². The molecule has 3 rings (SSSR count). The number of nitrogens with one attached hydrogen (secondary N) is 1. The zero-order chi connectivity index (χ0) is 13.9. The Morgan fingerprint density at radius 3 is 3.00 bits per heavy atom. The summed E-state index contributed by atoms with van der Waals surface area (Å²) < 4.78 is 5.43. The highest BCUT2D eigenvalue weighted by molar-refractivity contribution is 5.85. The van der Waals surface area contributed by atoms with E-state index in [-0.39, 0.29) is 18.6 Å². The van der Waals surface area contributed by atoms with E-state index < -0.39 is 0 Å². The van der Waals surface area contributed by atoms with Crippen LogP contribution in [0.25, 0.3) is 0 Å². The molecule has 6 nitrogen and oxygen atoms in total. The number of aromatic nitrogens is 1. The maximum absolute atomic E-state index is 12.3. The van der Waals surface area contributed by atoms with Gasteiger partial charge in [-0.05, 0) is 24.5 Å². The van der Waals surface area contributed by atoms with E-state index in [1.54, 1.807) is 6.20 Å². The first kappa shape index (κ1) is 13.3. The zero-order valence-electron chi connectivity index (χ0n) is 11.3. The van der Waals surface area contributed by atoms with Gasteiger partial charge in [-0.2, -0.15) is 0 Å². The van der Waals surface area contributed by atoms with Crippen LogP contribution < -0.4 is 10.2 Å². The van der Waals surface area contributed by atoms with Crippen LogP contribution in [0.1, 0.15) is 18.4 Å². The fraction of sp³-hybridized carbons (Fsp3) is 0.571. The SMILES string of the molecule is O=C(NC1CC1)C1COCCN1c1ccc(CO)cn1. The average molecular weight is 277 g/mol. The number of hydrogen-bond acceptors (Lipinski definition) is 5. The first-order chi connectivity index (χ1) is 9.78. The summed E-state index contributed by atoms with van der Waals surface area (Å²) in [6.45, 7) is 1.61. The minimum absolute atomic E-state index is 0.0141. The predicted molar refractivity (Wildman–Crippen MR) is 73.3 cm³/mol. The molecule has 1 atom stereocenters. The molecule has 0 aromatic carbocycles. The minimum Gasteiger partial charge on any atom is -0.392 e. The molecule has 1 saturated heterocycles. The van der Waals surface area contributed by atoms with Crippen molar-refractivity contribution in [2.45, 2.75) is 31.5 Å². The molecular formula is C14H19N3O3. The van der Waals surface area contributed by atoms with Crippen molar-refractivity contribution in [1.29, 1.82) is 0 Å². The third-order valence-corrected chi connectivity index (χ3v) is 3.64. The number of carbonyl (C=O) groups excluding carboxylic acids is 1. The number of pyridine rings is 1. The number of carbonyl (C=O) groups is 1. The lowest BCUT2D eigenvalue weighted by molar-refractivity contribution is -0.124. The highest BCUT2D eigenvalue weighted by Crippen LogP contribution is 2.21. The van der Waals surface area contributed by atoms with Gasteiger partial charge in [-0.3, -0.25) is 4.79 Å². The number of aliphatic hydroxyl groups excluding tert-OH is 1. The first-order valence-corrected chi connectivity index (χ1v) is 6.98. The fourth-order valence-corrected chi connectivity index (χ4v) is 2.30. The molecule has 2 fully saturated rings. The van der Waals surface area contributed by atoms with Crippen LogP contribution in [0.15, 0.2) is 18.3 Å². The standard InChI is InChI=1S/C14H19N3O3/c18-8-10-1-4-13(15-7-10)17-5-6-20-9-12(17)14(19)16-11-2-3-11/h1,4,7,11-12,18H,2-3,5-6,8-9H2,(H,16,19). The molecule has 0 radical (unpaired) electrons. The lowest BCUT2D eigenvalue weighted by atomic mass is 10.2. The monoisotopic (exact) mass is 277 g/mol. The van der Waals surface area contributed by atoms with Gasteiger partial charge in [0, 0.05) is 18.8 Å². The summed E-state index contributed by atoms with van der Waals surface area (Å²) in [6.07, 6.45) is 3.78. The molecule has 6 heteroatoms. The first-order valence-electron chi connectivity index (χ1n) is 6.98. The molecule has 0 bridgehead atoms. The van der Waals surface area contributed by atoms with E-state index in [0.717, 1.165) is 24.2 Å². The van der Waals surface area contributed by atoms with E-state index in [1.165, 1.54) is 0 Å². The molecule has 1 unspecified atom stereocenters. The summed E-state index contributed by atoms with van der Waals surface area (Å²) in [5.41, 5.74) is 0.765. The topological polar surface area (TPSA) is 74.7 Å². The van der Waals surface area contributed by atoms with Crippen molar-refractivity contribution >= 4 is 11.7 Å². The second-order valence-corrected chi connectivity index (χ2v) is 5.25. The Morgan fingerprint density at radius 2 is 2.35 bits per heavy atom. The van der Waals surface area contributed by atoms with Gasteiger partial charge in [-0.25, -0.2) is 4.98 Å². The van der Waals surface area contributed by atoms with Gasteiger partial charge in [0.25, 0.3) is 0 Å². The second-order valence-electron chi connectivity index (χ2n) is 5.25. The van der Waals surface area contributed by atoms with E-state index in [2.05, 4.69) is 10.3 Å². The molecule has 20 heavy (non-hydrogen) atoms. The summed E-state index contributed by atoms with van der Waals surface area (Å²) in [5, 5.41) is 12.1. The average Bonchev–Trinajstić information content (AvgIpc) is 3.31. The van der Waals surface area contributed by atoms with E-state index in [9.17, 15) is 4.79 Å². The van der Waals surface area contributed by atoms with Crippen LogP contribution in [-0.2, 0) is 16.1 Å². The number of ether oxygens (including phenoxy) is 1. The second kappa shape index (κ2) is 5.76. The number of rotatable bonds is 4. The number of aliphatic hydroxyl groups is 1. The maximum Gasteiger partial charge on any atom is 0.245 e. The molecule has 2 heterocycles. The van der Waals surface area contributed by atoms with Gasteiger partial charge in [-0.15, -0.1) is 0 Å². The molecule has 108 valence electrons. The third kappa shape index (κ3) is 2.91. The van der Waals surface area contributed by atoms with Crippen molar-refractivity contribution in [3.05, 3.63) is 23.9 Å². The number of hydrogen-bond donors (Lipinski definition) is 2. The molecule has 0 spiro atoms. The van der Waals surface area contributed by atoms with Crippen LogP contribution in [0, 0.1) is 0 Å². The zero-order valence-corrected chi connectivity index (χ0v) is 11.3. The van der Waals surface area contributed by atoms with Crippen LogP contribution >= 0.6 is 0 Å². The molecule has 2 N–H and O–H groups in total. The largest absolute Gasteiger partial charge is 0.392 e. The van der Waals surface area contributed by atoms with Crippen LogP contribution in [0.4, 0.5) is 5.82 Å². The number of nitrogens with zero attached hydrogens (tertiary/aromatic N) is 2. The molecule has 1 aliphatic carbocycles. The Kier molecular flexibility index (Phi) is 3.84. The summed E-state index contributed by atoms with van der Waals surface area (Å²) >= 11 is 0. The highest BCUT2D eigenvalue weighted by Gasteiger charge is 2.33. The molecule has 1 saturated carbocycles. The third-order valence-electron chi connectivity index (χ3n) is 3.64. The highest BCUT2D eigenvalue weighted by atomic mass is 16.5. The van der Waals surface area contributed by atoms with Crippen molar-refractivity contribution in [1.82, 2.24) is 10.3 Å². The summed E-state index contributed by atoms with van der Waals surface area (Å²) in [5.74, 6) is 0.765. The Balaban J connectivity index is 1.74. The molecule has 2 aliphatic rings. The van der Waals surface area contributed by atoms with E-state index in [0.29, 0.717) is 25.8 Å². The van der Waals surface area contributed by atoms with Crippen LogP contribution in [0.2, 0.25) is 0 Å². The lowest BCUT2D eigenvalue weighted by Gasteiger charge is -2.35. The van der Waals surface area contributed by atoms with Crippen molar-refractivity contribution in [3.8, 4) is 0 Å². The predicted octanol–water partition coefficient (Wildman–Crippen LogP) is 0.0577. The van der Waals surface area contributed by atoms with Gasteiger partial charge in [0.2, 0.25) is 5.91 Å². The lowest BCUT2D eigenvalue weighted by Crippen LogP contribution is -2.54. The molecule has 1 aromatic heterocycles. The van der Waals surface area contributed by atoms with Gasteiger partial charge >= 0.3 is 0 Å². The normalized spacial score (nSPS) is 22.6. The van der Waals surface area contributed by atoms with E-state index >= 15 is 0 Å². The quantitative estimate of drug-likeness (QED) is 0.814. The number of amides is 1. The van der Waals surface area contributed by atoms with Gasteiger partial charge < -0.3 is 20.1 Å². The van der Waals surface area contributed by atoms with Crippen molar-refractivity contribution < 1.29 is 14.6 Å². The molecule has 1 aliphatic heterocycles. The summed E-state index contributed by atoms with van der Waals surface area (Å²) in [6, 6.07) is 3.69. The van der Waals surface area contributed by atoms with Crippen LogP contribution in [-0.4, -0.2) is 47.8 Å². The van der Waals surface area contributed by atoms with Crippen LogP contribution in [0.5, 0.6) is 0 Å². The minimum atomic E-state index is -0.322. The Hall–Kier alpha value is -1.66. The van der Waals surface area contributed by atoms with Crippen molar-refractivity contribution in [3.63, 3.8) is 0 Å². The van der Waals surface area contributed by atoms with Crippen LogP contribution in [0.3, 0.4) is 0 Å². The molecule has 1 amide bonds.